The summed E-state index contributed by atoms with van der Waals surface area (Å²) in [5.41, 5.74) is 0. The summed E-state index contributed by atoms with van der Waals surface area (Å²) in [5, 5.41) is 3.74. The fourth-order valence-electron chi connectivity index (χ4n) is 3.00. The highest BCUT2D eigenvalue weighted by molar-refractivity contribution is 5.77. The van der Waals surface area contributed by atoms with E-state index in [2.05, 4.69) is 17.1 Å². The topological polar surface area (TPSA) is 44.8 Å². The normalized spacial score (nSPS) is 28.1. The third kappa shape index (κ3) is 4.43. The van der Waals surface area contributed by atoms with E-state index in [0.717, 1.165) is 45.4 Å². The van der Waals surface area contributed by atoms with Gasteiger partial charge in [0.05, 0.1) is 12.6 Å². The Morgan fingerprint density at radius 1 is 1.25 bits per heavy atom. The maximum atomic E-state index is 11.7. The van der Waals surface area contributed by atoms with E-state index in [9.17, 15) is 4.79 Å². The van der Waals surface area contributed by atoms with E-state index in [1.807, 2.05) is 14.1 Å². The average molecular weight is 283 g/mol. The number of carbonyl (C=O) groups excluding carboxylic acids is 1. The number of piperidine rings is 1. The lowest BCUT2D eigenvalue weighted by Gasteiger charge is -2.40. The maximum absolute atomic E-state index is 11.7. The van der Waals surface area contributed by atoms with Crippen molar-refractivity contribution in [1.82, 2.24) is 15.1 Å². The highest BCUT2D eigenvalue weighted by atomic mass is 16.5. The number of likely N-dealkylation sites (tertiary alicyclic amines) is 1. The third-order valence-corrected chi connectivity index (χ3v) is 4.41. The highest BCUT2D eigenvalue weighted by Gasteiger charge is 2.32. The predicted molar refractivity (Wildman–Crippen MR) is 79.7 cm³/mol. The van der Waals surface area contributed by atoms with Crippen LogP contribution in [0.2, 0.25) is 0 Å². The van der Waals surface area contributed by atoms with Crippen LogP contribution in [0.15, 0.2) is 0 Å². The van der Waals surface area contributed by atoms with Gasteiger partial charge >= 0.3 is 0 Å². The minimum absolute atomic E-state index is 0.204. The molecule has 0 unspecified atom stereocenters. The van der Waals surface area contributed by atoms with Crippen LogP contribution in [0.25, 0.3) is 0 Å². The van der Waals surface area contributed by atoms with Crippen molar-refractivity contribution in [3.63, 3.8) is 0 Å². The molecular formula is C15H29N3O2. The van der Waals surface area contributed by atoms with E-state index in [4.69, 9.17) is 4.74 Å². The molecule has 2 aliphatic rings. The number of hydrogen-bond acceptors (Lipinski definition) is 4. The molecule has 1 saturated carbocycles. The molecule has 1 saturated heterocycles. The van der Waals surface area contributed by atoms with Crippen LogP contribution in [-0.4, -0.2) is 74.2 Å². The number of likely N-dealkylation sites (N-methyl/N-ethyl adjacent to an activating group) is 1. The van der Waals surface area contributed by atoms with Crippen molar-refractivity contribution in [2.45, 2.75) is 50.8 Å². The molecule has 5 nitrogen and oxygen atoms in total. The first kappa shape index (κ1) is 15.7. The summed E-state index contributed by atoms with van der Waals surface area (Å²) < 4.78 is 5.59. The number of amides is 1. The molecule has 1 aliphatic carbocycles. The van der Waals surface area contributed by atoms with E-state index in [0.29, 0.717) is 24.7 Å². The molecule has 0 aromatic rings. The highest BCUT2D eigenvalue weighted by Crippen LogP contribution is 2.25. The molecule has 0 radical (unpaired) electrons. The van der Waals surface area contributed by atoms with E-state index in [1.54, 1.807) is 4.90 Å². The van der Waals surface area contributed by atoms with Crippen molar-refractivity contribution >= 4 is 5.91 Å². The molecule has 0 spiro atoms. The van der Waals surface area contributed by atoms with Crippen molar-refractivity contribution in [2.75, 3.05) is 40.3 Å². The fraction of sp³-hybridized carbons (Fsp3) is 0.933. The first-order valence-electron chi connectivity index (χ1n) is 7.88. The Bertz CT molecular complexity index is 308. The minimum atomic E-state index is 0.204. The van der Waals surface area contributed by atoms with Crippen LogP contribution in [0.3, 0.4) is 0 Å². The standard InChI is InChI=1S/C15H29N3O2/c1-4-20-14-9-13(10-14)16-12-5-7-18(8-6-12)11-15(19)17(2)3/h12-14,16H,4-11H2,1-3H3. The first-order valence-corrected chi connectivity index (χ1v) is 7.88. The lowest BCUT2D eigenvalue weighted by Crippen LogP contribution is -2.53. The Hall–Kier alpha value is -0.650. The van der Waals surface area contributed by atoms with Gasteiger partial charge in [0.2, 0.25) is 5.91 Å². The molecule has 0 aromatic heterocycles. The van der Waals surface area contributed by atoms with Gasteiger partial charge in [0, 0.05) is 45.9 Å². The third-order valence-electron chi connectivity index (χ3n) is 4.41. The van der Waals surface area contributed by atoms with Crippen LogP contribution in [0.1, 0.15) is 32.6 Å². The van der Waals surface area contributed by atoms with E-state index in [-0.39, 0.29) is 5.91 Å². The Balaban J connectivity index is 1.59. The average Bonchev–Trinajstić information content (AvgIpc) is 2.38. The number of nitrogens with one attached hydrogen (secondary N) is 1. The van der Waals surface area contributed by atoms with Crippen LogP contribution in [0.5, 0.6) is 0 Å². The zero-order valence-corrected chi connectivity index (χ0v) is 13.1. The van der Waals surface area contributed by atoms with Crippen molar-refractivity contribution in [1.29, 1.82) is 0 Å². The van der Waals surface area contributed by atoms with Gasteiger partial charge in [-0.3, -0.25) is 9.69 Å². The molecule has 1 aliphatic heterocycles. The van der Waals surface area contributed by atoms with Gasteiger partial charge in [-0.15, -0.1) is 0 Å². The zero-order valence-electron chi connectivity index (χ0n) is 13.1. The Morgan fingerprint density at radius 3 is 2.45 bits per heavy atom. The molecule has 0 aromatic carbocycles. The number of nitrogens with zero attached hydrogens (tertiary/aromatic N) is 2. The van der Waals surface area contributed by atoms with Gasteiger partial charge in [-0.05, 0) is 32.6 Å². The van der Waals surface area contributed by atoms with E-state index >= 15 is 0 Å². The second-order valence-electron chi connectivity index (χ2n) is 6.25. The minimum Gasteiger partial charge on any atom is -0.378 e. The molecule has 1 heterocycles. The zero-order chi connectivity index (χ0) is 14.5. The molecule has 5 heteroatoms. The summed E-state index contributed by atoms with van der Waals surface area (Å²) in [6.45, 7) is 5.51. The van der Waals surface area contributed by atoms with Gasteiger partial charge in [-0.1, -0.05) is 0 Å². The predicted octanol–water partition coefficient (Wildman–Crippen LogP) is 0.696. The molecule has 0 bridgehead atoms. The lowest BCUT2D eigenvalue weighted by atomic mass is 9.87. The second-order valence-corrected chi connectivity index (χ2v) is 6.25. The molecule has 0 atom stereocenters. The Kier molecular flexibility index (Phi) is 5.81. The van der Waals surface area contributed by atoms with Gasteiger partial charge in [-0.25, -0.2) is 0 Å². The summed E-state index contributed by atoms with van der Waals surface area (Å²) in [7, 11) is 3.64. The van der Waals surface area contributed by atoms with Crippen LogP contribution >= 0.6 is 0 Å². The quantitative estimate of drug-likeness (QED) is 0.779. The molecule has 2 fully saturated rings. The molecule has 1 N–H and O–H groups in total. The van der Waals surface area contributed by atoms with Gasteiger partial charge in [-0.2, -0.15) is 0 Å². The SMILES string of the molecule is CCOC1CC(NC2CCN(CC(=O)N(C)C)CC2)C1. The van der Waals surface area contributed by atoms with Crippen molar-refractivity contribution < 1.29 is 9.53 Å². The van der Waals surface area contributed by atoms with Crippen molar-refractivity contribution in [3.05, 3.63) is 0 Å². The summed E-state index contributed by atoms with van der Waals surface area (Å²) in [6, 6.07) is 1.26. The summed E-state index contributed by atoms with van der Waals surface area (Å²) in [6.07, 6.45) is 5.10. The van der Waals surface area contributed by atoms with E-state index in [1.165, 1.54) is 0 Å². The molecule has 1 amide bonds. The Morgan fingerprint density at radius 2 is 1.90 bits per heavy atom. The summed E-state index contributed by atoms with van der Waals surface area (Å²) in [4.78, 5) is 15.6. The first-order chi connectivity index (χ1) is 9.58. The fourth-order valence-corrected chi connectivity index (χ4v) is 3.00. The molecule has 116 valence electrons. The number of carbonyl (C=O) groups is 1. The summed E-state index contributed by atoms with van der Waals surface area (Å²) >= 11 is 0. The molecular weight excluding hydrogens is 254 g/mol. The number of ether oxygens (including phenoxy) is 1. The maximum Gasteiger partial charge on any atom is 0.236 e. The van der Waals surface area contributed by atoms with Crippen LogP contribution < -0.4 is 5.32 Å². The monoisotopic (exact) mass is 283 g/mol. The number of rotatable bonds is 6. The van der Waals surface area contributed by atoms with Gasteiger partial charge in [0.15, 0.2) is 0 Å². The lowest BCUT2D eigenvalue weighted by molar-refractivity contribution is -0.130. The van der Waals surface area contributed by atoms with Crippen molar-refractivity contribution in [3.8, 4) is 0 Å². The van der Waals surface area contributed by atoms with Crippen molar-refractivity contribution in [2.24, 2.45) is 0 Å². The van der Waals surface area contributed by atoms with Gasteiger partial charge in [0.25, 0.3) is 0 Å². The smallest absolute Gasteiger partial charge is 0.236 e. The van der Waals surface area contributed by atoms with Gasteiger partial charge in [0.1, 0.15) is 0 Å². The Labute approximate surface area is 122 Å². The van der Waals surface area contributed by atoms with Crippen LogP contribution in [0, 0.1) is 0 Å². The largest absolute Gasteiger partial charge is 0.378 e. The van der Waals surface area contributed by atoms with E-state index < -0.39 is 0 Å². The molecule has 20 heavy (non-hydrogen) atoms. The van der Waals surface area contributed by atoms with Crippen LogP contribution in [0.4, 0.5) is 0 Å². The number of hydrogen-bond donors (Lipinski definition) is 1. The van der Waals surface area contributed by atoms with Crippen LogP contribution in [-0.2, 0) is 9.53 Å². The second kappa shape index (κ2) is 7.38. The summed E-state index contributed by atoms with van der Waals surface area (Å²) in [5.74, 6) is 0.204. The molecule has 2 rings (SSSR count). The van der Waals surface area contributed by atoms with Gasteiger partial charge < -0.3 is 15.0 Å².